The molecular formula is C38H32N10. The van der Waals surface area contributed by atoms with Crippen molar-refractivity contribution in [1.82, 2.24) is 39.9 Å². The molecule has 0 atom stereocenters. The summed E-state index contributed by atoms with van der Waals surface area (Å²) in [5, 5.41) is 7.04. The zero-order valence-electron chi connectivity index (χ0n) is 27.0. The normalized spacial score (nSPS) is 11.7. The number of hydrogen-bond donors (Lipinski definition) is 0. The van der Waals surface area contributed by atoms with Gasteiger partial charge in [0.25, 0.3) is 0 Å². The lowest BCUT2D eigenvalue weighted by molar-refractivity contribution is 0.875. The lowest BCUT2D eigenvalue weighted by atomic mass is 9.84. The Morgan fingerprint density at radius 3 is 0.938 bits per heavy atom. The van der Waals surface area contributed by atoms with Gasteiger partial charge in [-0.2, -0.15) is 0 Å². The fourth-order valence-corrected chi connectivity index (χ4v) is 6.82. The van der Waals surface area contributed by atoms with Crippen LogP contribution in [-0.2, 0) is 0 Å². The predicted octanol–water partition coefficient (Wildman–Crippen LogP) is 8.93. The molecule has 0 spiro atoms. The van der Waals surface area contributed by atoms with Gasteiger partial charge >= 0.3 is 0 Å². The summed E-state index contributed by atoms with van der Waals surface area (Å²) in [6.07, 6.45) is 20.8. The average molecular weight is 629 g/mol. The molecule has 10 heteroatoms. The van der Waals surface area contributed by atoms with E-state index < -0.39 is 0 Å². The molecule has 8 rings (SSSR count). The van der Waals surface area contributed by atoms with E-state index in [2.05, 4.69) is 114 Å². The van der Waals surface area contributed by atoms with Crippen molar-refractivity contribution in [3.8, 4) is 0 Å². The zero-order chi connectivity index (χ0) is 32.8. The number of nitrogens with zero attached hydrogens (tertiary/aromatic N) is 10. The average Bonchev–Trinajstić information content (AvgIpc) is 3.13. The third kappa shape index (κ3) is 4.80. The summed E-state index contributed by atoms with van der Waals surface area (Å²) in [7, 11) is 0. The number of hydrogen-bond acceptors (Lipinski definition) is 10. The van der Waals surface area contributed by atoms with E-state index in [0.29, 0.717) is 0 Å². The number of benzene rings is 4. The van der Waals surface area contributed by atoms with Gasteiger partial charge in [0.1, 0.15) is 25.3 Å². The first-order chi connectivity index (χ1) is 23.5. The lowest BCUT2D eigenvalue weighted by Gasteiger charge is -2.30. The van der Waals surface area contributed by atoms with Gasteiger partial charge in [-0.25, -0.2) is 39.9 Å². The van der Waals surface area contributed by atoms with E-state index in [0.717, 1.165) is 44.9 Å². The highest BCUT2D eigenvalue weighted by Crippen LogP contribution is 2.50. The molecule has 4 aromatic heterocycles. The van der Waals surface area contributed by atoms with E-state index in [9.17, 15) is 0 Å². The summed E-state index contributed by atoms with van der Waals surface area (Å²) in [5.41, 5.74) is 7.77. The first-order valence-electron chi connectivity index (χ1n) is 15.9. The maximum atomic E-state index is 4.38. The Balaban J connectivity index is 1.53. The van der Waals surface area contributed by atoms with Crippen LogP contribution in [-0.4, -0.2) is 39.9 Å². The molecular weight excluding hydrogens is 596 g/mol. The van der Waals surface area contributed by atoms with Gasteiger partial charge in [0, 0.05) is 10.8 Å². The quantitative estimate of drug-likeness (QED) is 0.151. The van der Waals surface area contributed by atoms with E-state index in [1.54, 1.807) is 25.3 Å². The lowest BCUT2D eigenvalue weighted by Crippen LogP contribution is -2.14. The molecule has 0 amide bonds. The van der Waals surface area contributed by atoms with E-state index >= 15 is 0 Å². The summed E-state index contributed by atoms with van der Waals surface area (Å²) in [4.78, 5) is 39.3. The molecule has 0 saturated carbocycles. The molecule has 4 aromatic carbocycles. The molecule has 0 bridgehead atoms. The topological polar surface area (TPSA) is 110 Å². The molecule has 0 aliphatic heterocycles. The standard InChI is InChI=1S/C38H32N10/c1-23(2)33-9-35(47(25-11-39-19-40-12-25)26-13-41-20-42-14-26)31-8-6-30-34(24(3)4)10-36(32-7-5-29(33)37(31)38(30)32)48(27-15-43-21-44-16-27)28-17-45-22-46-18-28/h5-24H,1-4H3. The first kappa shape index (κ1) is 29.3. The van der Waals surface area contributed by atoms with Gasteiger partial charge in [-0.05, 0) is 56.6 Å². The van der Waals surface area contributed by atoms with Crippen LogP contribution in [0.1, 0.15) is 50.7 Å². The third-order valence-electron chi connectivity index (χ3n) is 8.87. The Labute approximate surface area is 277 Å². The van der Waals surface area contributed by atoms with Crippen LogP contribution >= 0.6 is 0 Å². The summed E-state index contributed by atoms with van der Waals surface area (Å²) in [6, 6.07) is 13.6. The molecule has 0 fully saturated rings. The molecule has 10 nitrogen and oxygen atoms in total. The van der Waals surface area contributed by atoms with Gasteiger partial charge < -0.3 is 9.80 Å². The van der Waals surface area contributed by atoms with Crippen molar-refractivity contribution in [3.05, 3.63) is 122 Å². The Bertz CT molecular complexity index is 2100. The van der Waals surface area contributed by atoms with Gasteiger partial charge in [-0.15, -0.1) is 0 Å². The van der Waals surface area contributed by atoms with Crippen LogP contribution in [0, 0.1) is 0 Å². The van der Waals surface area contributed by atoms with Crippen molar-refractivity contribution < 1.29 is 0 Å². The molecule has 0 aliphatic carbocycles. The summed E-state index contributed by atoms with van der Waals surface area (Å²) < 4.78 is 0. The minimum atomic E-state index is 0.248. The van der Waals surface area contributed by atoms with Crippen LogP contribution < -0.4 is 9.80 Å². The van der Waals surface area contributed by atoms with Gasteiger partial charge in [-0.1, -0.05) is 52.0 Å². The zero-order valence-corrected chi connectivity index (χ0v) is 27.0. The summed E-state index contributed by atoms with van der Waals surface area (Å²) in [5.74, 6) is 0.496. The van der Waals surface area contributed by atoms with Crippen molar-refractivity contribution in [1.29, 1.82) is 0 Å². The van der Waals surface area contributed by atoms with Crippen LogP contribution in [0.5, 0.6) is 0 Å². The molecule has 0 radical (unpaired) electrons. The minimum Gasteiger partial charge on any atom is -0.304 e. The van der Waals surface area contributed by atoms with Crippen LogP contribution in [0.4, 0.5) is 34.1 Å². The first-order valence-corrected chi connectivity index (χ1v) is 15.9. The van der Waals surface area contributed by atoms with Gasteiger partial charge in [-0.3, -0.25) is 0 Å². The Kier molecular flexibility index (Phi) is 7.25. The highest BCUT2D eigenvalue weighted by atomic mass is 15.2. The Hall–Kier alpha value is -6.16. The van der Waals surface area contributed by atoms with E-state index in [-0.39, 0.29) is 11.8 Å². The number of aromatic nitrogens is 8. The van der Waals surface area contributed by atoms with E-state index in [1.165, 1.54) is 32.7 Å². The molecule has 48 heavy (non-hydrogen) atoms. The molecule has 0 saturated heterocycles. The van der Waals surface area contributed by atoms with Crippen molar-refractivity contribution in [2.24, 2.45) is 0 Å². The van der Waals surface area contributed by atoms with Crippen LogP contribution in [0.25, 0.3) is 32.3 Å². The van der Waals surface area contributed by atoms with Crippen molar-refractivity contribution in [3.63, 3.8) is 0 Å². The maximum absolute atomic E-state index is 4.38. The van der Waals surface area contributed by atoms with E-state index in [4.69, 9.17) is 0 Å². The largest absolute Gasteiger partial charge is 0.304 e. The third-order valence-corrected chi connectivity index (χ3v) is 8.87. The van der Waals surface area contributed by atoms with Gasteiger partial charge in [0.15, 0.2) is 0 Å². The van der Waals surface area contributed by atoms with Crippen molar-refractivity contribution >= 4 is 66.4 Å². The minimum absolute atomic E-state index is 0.248. The Morgan fingerprint density at radius 2 is 0.667 bits per heavy atom. The highest BCUT2D eigenvalue weighted by molar-refractivity contribution is 6.29. The van der Waals surface area contributed by atoms with Gasteiger partial charge in [0.05, 0.1) is 83.7 Å². The van der Waals surface area contributed by atoms with Crippen LogP contribution in [0.3, 0.4) is 0 Å². The summed E-state index contributed by atoms with van der Waals surface area (Å²) in [6.45, 7) is 8.98. The summed E-state index contributed by atoms with van der Waals surface area (Å²) >= 11 is 0. The number of anilines is 6. The molecule has 4 heterocycles. The smallest absolute Gasteiger partial charge is 0.115 e. The molecule has 0 N–H and O–H groups in total. The van der Waals surface area contributed by atoms with Crippen LogP contribution in [0.15, 0.2) is 111 Å². The fraction of sp³-hybridized carbons (Fsp3) is 0.158. The SMILES string of the molecule is CC(C)c1cc(N(c2cncnc2)c2cncnc2)c2ccc3c(C(C)C)cc(N(c4cncnc4)c4cncnc4)c4ccc1c2c34. The Morgan fingerprint density at radius 1 is 0.396 bits per heavy atom. The molecule has 0 aliphatic rings. The molecule has 234 valence electrons. The second-order valence-corrected chi connectivity index (χ2v) is 12.4. The van der Waals surface area contributed by atoms with Crippen molar-refractivity contribution in [2.45, 2.75) is 39.5 Å². The highest BCUT2D eigenvalue weighted by Gasteiger charge is 2.26. The monoisotopic (exact) mass is 628 g/mol. The second kappa shape index (κ2) is 11.9. The second-order valence-electron chi connectivity index (χ2n) is 12.4. The number of rotatable bonds is 8. The van der Waals surface area contributed by atoms with Crippen LogP contribution in [0.2, 0.25) is 0 Å². The van der Waals surface area contributed by atoms with Crippen molar-refractivity contribution in [2.75, 3.05) is 9.80 Å². The predicted molar refractivity (Wildman–Crippen MR) is 190 cm³/mol. The molecule has 0 unspecified atom stereocenters. The maximum Gasteiger partial charge on any atom is 0.115 e. The fourth-order valence-electron chi connectivity index (χ4n) is 6.82. The van der Waals surface area contributed by atoms with E-state index in [1.807, 2.05) is 49.6 Å². The molecule has 8 aromatic rings. The van der Waals surface area contributed by atoms with Gasteiger partial charge in [0.2, 0.25) is 0 Å².